The molecule has 4 fully saturated rings. The molecule has 1 aromatic heterocycles. The largest absolute Gasteiger partial charge is 0.507 e. The number of ether oxygens (including phenoxy) is 1. The summed E-state index contributed by atoms with van der Waals surface area (Å²) in [5, 5.41) is 16.5. The summed E-state index contributed by atoms with van der Waals surface area (Å²) in [5.74, 6) is 6.10. The van der Waals surface area contributed by atoms with Crippen LogP contribution in [0.15, 0.2) is 48.5 Å². The van der Waals surface area contributed by atoms with Gasteiger partial charge in [-0.1, -0.05) is 42.2 Å². The molecule has 0 spiro atoms. The lowest BCUT2D eigenvalue weighted by Gasteiger charge is -2.34. The predicted molar refractivity (Wildman–Crippen MR) is 162 cm³/mol. The molecular formula is C34H33F2N5O2. The number of alkyl halides is 1. The van der Waals surface area contributed by atoms with Crippen LogP contribution >= 0.6 is 0 Å². The molecule has 0 amide bonds. The molecule has 8 rings (SSSR count). The zero-order chi connectivity index (χ0) is 29.1. The molecule has 2 bridgehead atoms. The first-order chi connectivity index (χ1) is 21.0. The second-order valence-electron chi connectivity index (χ2n) is 12.5. The van der Waals surface area contributed by atoms with Crippen LogP contribution in [0.5, 0.6) is 11.8 Å². The summed E-state index contributed by atoms with van der Waals surface area (Å²) in [7, 11) is 0. The average Bonchev–Trinajstić information content (AvgIpc) is 3.66. The van der Waals surface area contributed by atoms with Gasteiger partial charge in [-0.15, -0.1) is 0 Å². The lowest BCUT2D eigenvalue weighted by Crippen LogP contribution is -2.51. The van der Waals surface area contributed by atoms with Crippen molar-refractivity contribution in [3.8, 4) is 23.6 Å². The zero-order valence-corrected chi connectivity index (χ0v) is 23.8. The molecule has 9 heteroatoms. The molecule has 4 aromatic rings. The Labute approximate surface area is 248 Å². The van der Waals surface area contributed by atoms with Gasteiger partial charge < -0.3 is 20.1 Å². The van der Waals surface area contributed by atoms with E-state index in [9.17, 15) is 9.50 Å². The van der Waals surface area contributed by atoms with Gasteiger partial charge in [0, 0.05) is 48.9 Å². The Balaban J connectivity index is 1.19. The molecule has 220 valence electrons. The molecule has 0 aliphatic carbocycles. The number of aromatic nitrogens is 2. The molecule has 0 radical (unpaired) electrons. The highest BCUT2D eigenvalue weighted by atomic mass is 19.1. The number of nitrogens with zero attached hydrogens (tertiary/aromatic N) is 4. The Kier molecular flexibility index (Phi) is 6.39. The summed E-state index contributed by atoms with van der Waals surface area (Å²) in [6.07, 6.45) is 3.64. The molecule has 3 aromatic carbocycles. The number of hydrogen-bond acceptors (Lipinski definition) is 7. The van der Waals surface area contributed by atoms with Crippen LogP contribution in [-0.4, -0.2) is 76.6 Å². The quantitative estimate of drug-likeness (QED) is 0.332. The summed E-state index contributed by atoms with van der Waals surface area (Å²) in [6.45, 7) is 3.10. The van der Waals surface area contributed by atoms with E-state index in [2.05, 4.69) is 31.9 Å². The number of phenolic OH excluding ortho intramolecular Hbond substituents is 1. The van der Waals surface area contributed by atoms with Gasteiger partial charge in [-0.3, -0.25) is 4.90 Å². The Morgan fingerprint density at radius 2 is 1.84 bits per heavy atom. The monoisotopic (exact) mass is 581 g/mol. The van der Waals surface area contributed by atoms with E-state index in [4.69, 9.17) is 9.72 Å². The van der Waals surface area contributed by atoms with Crippen molar-refractivity contribution in [1.82, 2.24) is 20.2 Å². The second-order valence-corrected chi connectivity index (χ2v) is 12.5. The summed E-state index contributed by atoms with van der Waals surface area (Å²) in [4.78, 5) is 13.8. The van der Waals surface area contributed by atoms with E-state index in [1.807, 2.05) is 36.4 Å². The number of anilines is 1. The molecule has 43 heavy (non-hydrogen) atoms. The lowest BCUT2D eigenvalue weighted by molar-refractivity contribution is 0.107. The third kappa shape index (κ3) is 4.64. The van der Waals surface area contributed by atoms with Crippen molar-refractivity contribution in [3.05, 3.63) is 65.5 Å². The number of halogens is 2. The van der Waals surface area contributed by atoms with E-state index >= 15 is 4.39 Å². The first-order valence-corrected chi connectivity index (χ1v) is 15.2. The summed E-state index contributed by atoms with van der Waals surface area (Å²) >= 11 is 0. The highest BCUT2D eigenvalue weighted by Crippen LogP contribution is 2.41. The van der Waals surface area contributed by atoms with Gasteiger partial charge in [0.2, 0.25) is 0 Å². The van der Waals surface area contributed by atoms with Crippen LogP contribution in [0.1, 0.15) is 43.2 Å². The standard InChI is InChI=1S/C34H33F2N5O2/c35-23-16-34(14-3-15-41(34)17-23)20-43-33-38-31-28(32(39-33)40-18-24-9-10-25(19-40)37-24)12-7-22(30(31)36)6-11-27-26-5-2-1-4-21(26)8-13-29(27)42/h1-2,4-5,7-8,12-13,23-25,37,42H,3,9-10,14-20H2/t23-,24-,25+,34+/m1/s1. The van der Waals surface area contributed by atoms with Gasteiger partial charge >= 0.3 is 6.01 Å². The molecule has 2 N–H and O–H groups in total. The number of nitrogens with one attached hydrogen (secondary N) is 1. The topological polar surface area (TPSA) is 73.8 Å². The minimum Gasteiger partial charge on any atom is -0.507 e. The van der Waals surface area contributed by atoms with Crippen molar-refractivity contribution in [2.45, 2.75) is 55.9 Å². The lowest BCUT2D eigenvalue weighted by atomic mass is 9.95. The molecule has 5 heterocycles. The van der Waals surface area contributed by atoms with Crippen molar-refractivity contribution < 1.29 is 18.6 Å². The van der Waals surface area contributed by atoms with Gasteiger partial charge in [-0.05, 0) is 55.8 Å². The third-order valence-corrected chi connectivity index (χ3v) is 9.74. The molecule has 4 saturated heterocycles. The van der Waals surface area contributed by atoms with Crippen LogP contribution in [0, 0.1) is 17.7 Å². The molecule has 0 saturated carbocycles. The van der Waals surface area contributed by atoms with Gasteiger partial charge in [-0.25, -0.2) is 8.78 Å². The Hall–Kier alpha value is -4.00. The van der Waals surface area contributed by atoms with Crippen LogP contribution in [0.2, 0.25) is 0 Å². The van der Waals surface area contributed by atoms with Gasteiger partial charge in [0.15, 0.2) is 5.82 Å². The molecule has 4 aliphatic rings. The van der Waals surface area contributed by atoms with Gasteiger partial charge in [0.25, 0.3) is 0 Å². The Morgan fingerprint density at radius 1 is 1.00 bits per heavy atom. The molecule has 4 aliphatic heterocycles. The highest BCUT2D eigenvalue weighted by Gasteiger charge is 2.49. The fourth-order valence-electron chi connectivity index (χ4n) is 7.67. The maximum absolute atomic E-state index is 16.3. The number of aromatic hydroxyl groups is 1. The van der Waals surface area contributed by atoms with Crippen molar-refractivity contribution in [2.24, 2.45) is 0 Å². The Morgan fingerprint density at radius 3 is 2.70 bits per heavy atom. The number of fused-ring (bicyclic) bond motifs is 5. The summed E-state index contributed by atoms with van der Waals surface area (Å²) in [6, 6.07) is 15.4. The van der Waals surface area contributed by atoms with Gasteiger partial charge in [0.05, 0.1) is 16.7 Å². The fraction of sp³-hybridized carbons (Fsp3) is 0.412. The fourth-order valence-corrected chi connectivity index (χ4v) is 7.67. The van der Waals surface area contributed by atoms with Gasteiger partial charge in [-0.2, -0.15) is 9.97 Å². The molecule has 0 unspecified atom stereocenters. The van der Waals surface area contributed by atoms with E-state index < -0.39 is 12.0 Å². The van der Waals surface area contributed by atoms with Crippen LogP contribution in [0.25, 0.3) is 21.7 Å². The van der Waals surface area contributed by atoms with Crippen molar-refractivity contribution in [2.75, 3.05) is 37.7 Å². The molecular weight excluding hydrogens is 548 g/mol. The van der Waals surface area contributed by atoms with E-state index in [-0.39, 0.29) is 35.0 Å². The average molecular weight is 582 g/mol. The SMILES string of the molecule is Oc1ccc2ccccc2c1C#Cc1ccc2c(N3C[C@H]4CC[C@@H](C3)N4)nc(OC[C@@]34CCCN3C[C@H](F)C4)nc2c1F. The minimum absolute atomic E-state index is 0.0452. The first-order valence-electron chi connectivity index (χ1n) is 15.2. The number of hydrogen-bond donors (Lipinski definition) is 2. The second kappa shape index (κ2) is 10.3. The number of piperazine rings is 1. The first kappa shape index (κ1) is 26.6. The van der Waals surface area contributed by atoms with E-state index in [1.165, 1.54) is 0 Å². The highest BCUT2D eigenvalue weighted by molar-refractivity contribution is 5.92. The summed E-state index contributed by atoms with van der Waals surface area (Å²) < 4.78 is 36.9. The predicted octanol–water partition coefficient (Wildman–Crippen LogP) is 4.92. The maximum atomic E-state index is 16.3. The smallest absolute Gasteiger partial charge is 0.319 e. The van der Waals surface area contributed by atoms with Crippen LogP contribution in [0.4, 0.5) is 14.6 Å². The minimum atomic E-state index is -0.868. The van der Waals surface area contributed by atoms with Crippen LogP contribution in [0.3, 0.4) is 0 Å². The van der Waals surface area contributed by atoms with Gasteiger partial charge in [0.1, 0.15) is 29.9 Å². The third-order valence-electron chi connectivity index (χ3n) is 9.74. The molecule has 7 nitrogen and oxygen atoms in total. The number of phenols is 1. The maximum Gasteiger partial charge on any atom is 0.319 e. The van der Waals surface area contributed by atoms with Crippen molar-refractivity contribution in [3.63, 3.8) is 0 Å². The normalized spacial score (nSPS) is 26.6. The van der Waals surface area contributed by atoms with E-state index in [0.29, 0.717) is 41.8 Å². The van der Waals surface area contributed by atoms with E-state index in [1.54, 1.807) is 12.1 Å². The van der Waals surface area contributed by atoms with Crippen molar-refractivity contribution >= 4 is 27.5 Å². The molecule has 4 atom stereocenters. The number of rotatable bonds is 4. The number of benzene rings is 3. The summed E-state index contributed by atoms with van der Waals surface area (Å²) in [5.41, 5.74) is 0.408. The van der Waals surface area contributed by atoms with Crippen LogP contribution in [-0.2, 0) is 0 Å². The van der Waals surface area contributed by atoms with Crippen LogP contribution < -0.4 is 15.0 Å². The zero-order valence-electron chi connectivity index (χ0n) is 23.8. The Bertz CT molecular complexity index is 1790. The van der Waals surface area contributed by atoms with E-state index in [0.717, 1.165) is 56.1 Å². The van der Waals surface area contributed by atoms with Crippen molar-refractivity contribution in [1.29, 1.82) is 0 Å².